The number of nitrogens with zero attached hydrogens (tertiary/aromatic N) is 2. The van der Waals surface area contributed by atoms with Gasteiger partial charge in [0, 0.05) is 36.2 Å². The first-order valence-electron chi connectivity index (χ1n) is 9.91. The van der Waals surface area contributed by atoms with Gasteiger partial charge < -0.3 is 4.98 Å². The number of likely N-dealkylation sites (tertiary alicyclic amines) is 1. The van der Waals surface area contributed by atoms with Crippen LogP contribution in [0.2, 0.25) is 0 Å². The minimum atomic E-state index is -0.331. The second-order valence-corrected chi connectivity index (χ2v) is 7.69. The Morgan fingerprint density at radius 3 is 2.64 bits per heavy atom. The van der Waals surface area contributed by atoms with Crippen LogP contribution >= 0.6 is 0 Å². The molecule has 0 saturated carbocycles. The van der Waals surface area contributed by atoms with Crippen molar-refractivity contribution in [2.45, 2.75) is 31.8 Å². The monoisotopic (exact) mass is 373 g/mol. The summed E-state index contributed by atoms with van der Waals surface area (Å²) in [5.74, 6) is -0.0890. The number of H-pyrrole nitrogens is 1. The van der Waals surface area contributed by atoms with Crippen molar-refractivity contribution in [2.24, 2.45) is 0 Å². The van der Waals surface area contributed by atoms with E-state index in [1.165, 1.54) is 21.5 Å². The van der Waals surface area contributed by atoms with Crippen molar-refractivity contribution in [2.75, 3.05) is 13.1 Å². The van der Waals surface area contributed by atoms with E-state index in [0.29, 0.717) is 25.9 Å². The number of aromatic nitrogens is 1. The highest BCUT2D eigenvalue weighted by Gasteiger charge is 2.42. The van der Waals surface area contributed by atoms with Gasteiger partial charge in [0.1, 0.15) is 0 Å². The highest BCUT2D eigenvalue weighted by molar-refractivity contribution is 6.05. The molecule has 2 aromatic carbocycles. The number of hydrogen-bond acceptors (Lipinski definition) is 3. The molecule has 1 fully saturated rings. The van der Waals surface area contributed by atoms with E-state index in [9.17, 15) is 9.59 Å². The van der Waals surface area contributed by atoms with Gasteiger partial charge in [0.2, 0.25) is 11.8 Å². The molecule has 3 heterocycles. The van der Waals surface area contributed by atoms with Gasteiger partial charge in [-0.3, -0.25) is 19.4 Å². The third-order valence-electron chi connectivity index (χ3n) is 6.04. The fraction of sp³-hybridized carbons (Fsp3) is 0.304. The average Bonchev–Trinajstić information content (AvgIpc) is 3.23. The zero-order valence-corrected chi connectivity index (χ0v) is 15.7. The first-order valence-corrected chi connectivity index (χ1v) is 9.91. The molecule has 2 amide bonds. The third-order valence-corrected chi connectivity index (χ3v) is 6.04. The second-order valence-electron chi connectivity index (χ2n) is 7.69. The number of hydrogen-bond donors (Lipinski definition) is 1. The molecule has 0 bridgehead atoms. The van der Waals surface area contributed by atoms with Crippen molar-refractivity contribution in [3.8, 4) is 0 Å². The Morgan fingerprint density at radius 1 is 1.00 bits per heavy atom. The van der Waals surface area contributed by atoms with Gasteiger partial charge >= 0.3 is 0 Å². The van der Waals surface area contributed by atoms with Gasteiger partial charge in [-0.25, -0.2) is 0 Å². The van der Waals surface area contributed by atoms with Crippen molar-refractivity contribution in [3.63, 3.8) is 0 Å². The predicted molar refractivity (Wildman–Crippen MR) is 108 cm³/mol. The van der Waals surface area contributed by atoms with Gasteiger partial charge in [-0.1, -0.05) is 48.5 Å². The van der Waals surface area contributed by atoms with Gasteiger partial charge in [0.25, 0.3) is 0 Å². The molecule has 2 aliphatic heterocycles. The Labute approximate surface area is 163 Å². The molecule has 0 aliphatic carbocycles. The van der Waals surface area contributed by atoms with Crippen LogP contribution < -0.4 is 0 Å². The SMILES string of the molecule is O=C1C[C@@H](N2CCc3c([nH]c4ccccc34)C2)C(=O)N1CCc1ccccc1. The molecule has 0 unspecified atom stereocenters. The van der Waals surface area contributed by atoms with Crippen LogP contribution in [-0.2, 0) is 29.0 Å². The molecule has 2 aliphatic rings. The van der Waals surface area contributed by atoms with Crippen LogP contribution in [0.1, 0.15) is 23.2 Å². The molecule has 1 aromatic heterocycles. The van der Waals surface area contributed by atoms with E-state index in [1.807, 2.05) is 36.4 Å². The topological polar surface area (TPSA) is 56.4 Å². The summed E-state index contributed by atoms with van der Waals surface area (Å²) in [6.45, 7) is 1.97. The lowest BCUT2D eigenvalue weighted by atomic mass is 10.0. The summed E-state index contributed by atoms with van der Waals surface area (Å²) in [6, 6.07) is 18.0. The molecule has 142 valence electrons. The number of para-hydroxylation sites is 1. The minimum absolute atomic E-state index is 0.0412. The van der Waals surface area contributed by atoms with Crippen LogP contribution in [0.5, 0.6) is 0 Å². The molecular weight excluding hydrogens is 350 g/mol. The van der Waals surface area contributed by atoms with E-state index in [1.54, 1.807) is 0 Å². The summed E-state index contributed by atoms with van der Waals surface area (Å²) in [4.78, 5) is 32.6. The maximum Gasteiger partial charge on any atom is 0.247 e. The van der Waals surface area contributed by atoms with Gasteiger partial charge in [-0.05, 0) is 30.0 Å². The Balaban J connectivity index is 1.30. The lowest BCUT2D eigenvalue weighted by Gasteiger charge is -2.30. The van der Waals surface area contributed by atoms with Crippen LogP contribution in [-0.4, -0.2) is 45.7 Å². The van der Waals surface area contributed by atoms with Crippen molar-refractivity contribution < 1.29 is 9.59 Å². The number of benzene rings is 2. The molecule has 0 radical (unpaired) electrons. The molecule has 0 spiro atoms. The first kappa shape index (κ1) is 17.2. The molecule has 5 heteroatoms. The molecule has 1 saturated heterocycles. The van der Waals surface area contributed by atoms with Crippen molar-refractivity contribution in [1.82, 2.24) is 14.8 Å². The van der Waals surface area contributed by atoms with Crippen LogP contribution in [0.25, 0.3) is 10.9 Å². The van der Waals surface area contributed by atoms with Crippen molar-refractivity contribution in [1.29, 1.82) is 0 Å². The van der Waals surface area contributed by atoms with E-state index in [-0.39, 0.29) is 17.9 Å². The van der Waals surface area contributed by atoms with Crippen LogP contribution in [0.4, 0.5) is 0 Å². The highest BCUT2D eigenvalue weighted by atomic mass is 16.2. The number of aromatic amines is 1. The molecule has 3 aromatic rings. The molecule has 5 rings (SSSR count). The summed E-state index contributed by atoms with van der Waals surface area (Å²) >= 11 is 0. The van der Waals surface area contributed by atoms with E-state index < -0.39 is 0 Å². The van der Waals surface area contributed by atoms with Gasteiger partial charge in [-0.15, -0.1) is 0 Å². The zero-order valence-electron chi connectivity index (χ0n) is 15.7. The first-order chi connectivity index (χ1) is 13.7. The fourth-order valence-corrected chi connectivity index (χ4v) is 4.55. The van der Waals surface area contributed by atoms with Crippen LogP contribution in [0, 0.1) is 0 Å². The van der Waals surface area contributed by atoms with Gasteiger partial charge in [-0.2, -0.15) is 0 Å². The number of carbonyl (C=O) groups is 2. The van der Waals surface area contributed by atoms with E-state index in [4.69, 9.17) is 0 Å². The van der Waals surface area contributed by atoms with Crippen LogP contribution in [0.15, 0.2) is 54.6 Å². The summed E-state index contributed by atoms with van der Waals surface area (Å²) in [5, 5.41) is 1.27. The molecule has 5 nitrogen and oxygen atoms in total. The van der Waals surface area contributed by atoms with Gasteiger partial charge in [0.05, 0.1) is 12.5 Å². The largest absolute Gasteiger partial charge is 0.357 e. The average molecular weight is 373 g/mol. The quantitative estimate of drug-likeness (QED) is 0.716. The number of nitrogens with one attached hydrogen (secondary N) is 1. The molecule has 1 atom stereocenters. The summed E-state index contributed by atoms with van der Waals surface area (Å²) in [5.41, 5.74) is 4.82. The third kappa shape index (κ3) is 2.92. The fourth-order valence-electron chi connectivity index (χ4n) is 4.55. The molecule has 1 N–H and O–H groups in total. The summed E-state index contributed by atoms with van der Waals surface area (Å²) in [6.07, 6.45) is 1.90. The maximum atomic E-state index is 13.0. The Morgan fingerprint density at radius 2 is 1.79 bits per heavy atom. The number of imide groups is 1. The number of fused-ring (bicyclic) bond motifs is 3. The zero-order chi connectivity index (χ0) is 19.1. The highest BCUT2D eigenvalue weighted by Crippen LogP contribution is 2.30. The smallest absolute Gasteiger partial charge is 0.247 e. The maximum absolute atomic E-state index is 13.0. The summed E-state index contributed by atoms with van der Waals surface area (Å²) in [7, 11) is 0. The lowest BCUT2D eigenvalue weighted by Crippen LogP contribution is -2.44. The predicted octanol–water partition coefficient (Wildman–Crippen LogP) is 2.90. The number of carbonyl (C=O) groups excluding carboxylic acids is 2. The van der Waals surface area contributed by atoms with Crippen molar-refractivity contribution in [3.05, 3.63) is 71.4 Å². The molecular formula is C23H23N3O2. The Kier molecular flexibility index (Phi) is 4.24. The Bertz CT molecular complexity index is 1040. The second kappa shape index (κ2) is 6.91. The molecule has 28 heavy (non-hydrogen) atoms. The Hall–Kier alpha value is -2.92. The van der Waals surface area contributed by atoms with Gasteiger partial charge in [0.15, 0.2) is 0 Å². The number of amides is 2. The van der Waals surface area contributed by atoms with E-state index in [0.717, 1.165) is 24.0 Å². The normalized spacial score (nSPS) is 20.1. The minimum Gasteiger partial charge on any atom is -0.357 e. The van der Waals surface area contributed by atoms with Crippen molar-refractivity contribution >= 4 is 22.7 Å². The van der Waals surface area contributed by atoms with E-state index in [2.05, 4.69) is 28.1 Å². The summed E-state index contributed by atoms with van der Waals surface area (Å²) < 4.78 is 0. The van der Waals surface area contributed by atoms with Crippen LogP contribution in [0.3, 0.4) is 0 Å². The standard InChI is InChI=1S/C23H23N3O2/c27-22-14-21(23(28)26(22)13-10-16-6-2-1-3-7-16)25-12-11-18-17-8-4-5-9-19(17)24-20(18)15-25/h1-9,21,24H,10-15H2/t21-/m1/s1. The number of rotatable bonds is 4. The lowest BCUT2D eigenvalue weighted by molar-refractivity contribution is -0.139. The van der Waals surface area contributed by atoms with E-state index >= 15 is 0 Å².